The normalized spacial score (nSPS) is 14.1. The van der Waals surface area contributed by atoms with Gasteiger partial charge in [0.05, 0.1) is 24.0 Å². The van der Waals surface area contributed by atoms with Crippen LogP contribution < -0.4 is 10.1 Å². The molecule has 27 heavy (non-hydrogen) atoms. The van der Waals surface area contributed by atoms with Gasteiger partial charge in [0.15, 0.2) is 0 Å². The van der Waals surface area contributed by atoms with Gasteiger partial charge in [-0.3, -0.25) is 9.78 Å². The smallest absolute Gasteiger partial charge is 0.263 e. The molecule has 3 heterocycles. The molecule has 4 rings (SSSR count). The van der Waals surface area contributed by atoms with Crippen molar-refractivity contribution in [2.75, 3.05) is 6.61 Å². The molecule has 1 aliphatic rings. The molecule has 1 atom stereocenters. The van der Waals surface area contributed by atoms with Crippen molar-refractivity contribution in [3.63, 3.8) is 0 Å². The molecule has 2 aromatic heterocycles. The second-order valence-electron chi connectivity index (χ2n) is 6.66. The predicted molar refractivity (Wildman–Crippen MR) is 106 cm³/mol. The van der Waals surface area contributed by atoms with Gasteiger partial charge in [-0.2, -0.15) is 0 Å². The number of carbonyl (C=O) groups is 1. The number of pyridine rings is 1. The standard InChI is InChI=1S/C21H21N3O2S/c1-13(15-8-9-18-16(12-15)6-5-11-26-18)23-20(25)19-14(2)24-21(27-19)17-7-3-4-10-22-17/h3-4,7-10,12-13H,5-6,11H2,1-2H3,(H,23,25)/t13-/m1/s1. The van der Waals surface area contributed by atoms with E-state index in [9.17, 15) is 4.79 Å². The van der Waals surface area contributed by atoms with Crippen molar-refractivity contribution >= 4 is 17.2 Å². The van der Waals surface area contributed by atoms with Gasteiger partial charge in [0.2, 0.25) is 0 Å². The molecular weight excluding hydrogens is 358 g/mol. The molecule has 138 valence electrons. The summed E-state index contributed by atoms with van der Waals surface area (Å²) in [7, 11) is 0. The number of hydrogen-bond donors (Lipinski definition) is 1. The highest BCUT2D eigenvalue weighted by Gasteiger charge is 2.20. The number of hydrogen-bond acceptors (Lipinski definition) is 5. The lowest BCUT2D eigenvalue weighted by atomic mass is 10.00. The van der Waals surface area contributed by atoms with Crippen molar-refractivity contribution in [1.29, 1.82) is 0 Å². The number of amides is 1. The zero-order valence-corrected chi connectivity index (χ0v) is 16.2. The molecule has 0 saturated heterocycles. The van der Waals surface area contributed by atoms with Crippen molar-refractivity contribution in [3.8, 4) is 16.5 Å². The third-order valence-corrected chi connectivity index (χ3v) is 5.85. The van der Waals surface area contributed by atoms with Crippen molar-refractivity contribution in [1.82, 2.24) is 15.3 Å². The van der Waals surface area contributed by atoms with E-state index >= 15 is 0 Å². The Kier molecular flexibility index (Phi) is 4.90. The summed E-state index contributed by atoms with van der Waals surface area (Å²) in [5, 5.41) is 3.86. The summed E-state index contributed by atoms with van der Waals surface area (Å²) in [5.74, 6) is 0.857. The van der Waals surface area contributed by atoms with Crippen LogP contribution in [-0.4, -0.2) is 22.5 Å². The van der Waals surface area contributed by atoms with Gasteiger partial charge in [-0.15, -0.1) is 11.3 Å². The molecule has 1 aromatic carbocycles. The SMILES string of the molecule is Cc1nc(-c2ccccn2)sc1C(=O)N[C@H](C)c1ccc2c(c1)CCCO2. The van der Waals surface area contributed by atoms with Crippen LogP contribution >= 0.6 is 11.3 Å². The van der Waals surface area contributed by atoms with Gasteiger partial charge in [0.25, 0.3) is 5.91 Å². The molecule has 1 aliphatic heterocycles. The maximum absolute atomic E-state index is 12.8. The topological polar surface area (TPSA) is 64.1 Å². The fourth-order valence-electron chi connectivity index (χ4n) is 3.20. The lowest BCUT2D eigenvalue weighted by Gasteiger charge is -2.20. The van der Waals surface area contributed by atoms with Gasteiger partial charge in [-0.25, -0.2) is 4.98 Å². The zero-order chi connectivity index (χ0) is 18.8. The van der Waals surface area contributed by atoms with Gasteiger partial charge < -0.3 is 10.1 Å². The molecule has 0 bridgehead atoms. The predicted octanol–water partition coefficient (Wildman–Crippen LogP) is 4.33. The molecule has 6 heteroatoms. The highest BCUT2D eigenvalue weighted by molar-refractivity contribution is 7.17. The van der Waals surface area contributed by atoms with Crippen LogP contribution in [0.25, 0.3) is 10.7 Å². The summed E-state index contributed by atoms with van der Waals surface area (Å²) in [4.78, 5) is 22.3. The Hall–Kier alpha value is -2.73. The maximum atomic E-state index is 12.8. The fraction of sp³-hybridized carbons (Fsp3) is 0.286. The summed E-state index contributed by atoms with van der Waals surface area (Å²) < 4.78 is 5.67. The van der Waals surface area contributed by atoms with Crippen LogP contribution in [-0.2, 0) is 6.42 Å². The van der Waals surface area contributed by atoms with Crippen LogP contribution in [0.5, 0.6) is 5.75 Å². The molecule has 0 fully saturated rings. The van der Waals surface area contributed by atoms with Crippen molar-refractivity contribution in [2.24, 2.45) is 0 Å². The molecular formula is C21H21N3O2S. The molecule has 0 aliphatic carbocycles. The van der Waals surface area contributed by atoms with E-state index in [1.54, 1.807) is 6.20 Å². The van der Waals surface area contributed by atoms with Crippen molar-refractivity contribution < 1.29 is 9.53 Å². The summed E-state index contributed by atoms with van der Waals surface area (Å²) in [6.45, 7) is 4.64. The summed E-state index contributed by atoms with van der Waals surface area (Å²) in [5.41, 5.74) is 3.81. The number of nitrogens with one attached hydrogen (secondary N) is 1. The second-order valence-corrected chi connectivity index (χ2v) is 7.66. The number of nitrogens with zero attached hydrogens (tertiary/aromatic N) is 2. The van der Waals surface area contributed by atoms with E-state index in [0.29, 0.717) is 4.88 Å². The molecule has 0 radical (unpaired) electrons. The Labute approximate surface area is 162 Å². The monoisotopic (exact) mass is 379 g/mol. The fourth-order valence-corrected chi connectivity index (χ4v) is 4.15. The van der Waals surface area contributed by atoms with Crippen LogP contribution in [0, 0.1) is 6.92 Å². The highest BCUT2D eigenvalue weighted by Crippen LogP contribution is 2.29. The van der Waals surface area contributed by atoms with E-state index in [-0.39, 0.29) is 11.9 Å². The summed E-state index contributed by atoms with van der Waals surface area (Å²) in [6, 6.07) is 11.8. The number of benzene rings is 1. The van der Waals surface area contributed by atoms with Crippen LogP contribution in [0.15, 0.2) is 42.6 Å². The molecule has 5 nitrogen and oxygen atoms in total. The maximum Gasteiger partial charge on any atom is 0.263 e. The molecule has 0 saturated carbocycles. The quantitative estimate of drug-likeness (QED) is 0.733. The summed E-state index contributed by atoms with van der Waals surface area (Å²) >= 11 is 1.38. The number of carbonyl (C=O) groups excluding carboxylic acids is 1. The van der Waals surface area contributed by atoms with Crippen molar-refractivity contribution in [2.45, 2.75) is 32.7 Å². The Morgan fingerprint density at radius 3 is 3.00 bits per heavy atom. The third-order valence-electron chi connectivity index (χ3n) is 4.67. The Morgan fingerprint density at radius 1 is 1.30 bits per heavy atom. The third kappa shape index (κ3) is 3.71. The van der Waals surface area contributed by atoms with E-state index in [0.717, 1.165) is 47.2 Å². The van der Waals surface area contributed by atoms with Crippen molar-refractivity contribution in [3.05, 3.63) is 64.3 Å². The van der Waals surface area contributed by atoms with E-state index in [1.807, 2.05) is 44.2 Å². The Balaban J connectivity index is 1.51. The second kappa shape index (κ2) is 7.48. The van der Waals surface area contributed by atoms with Gasteiger partial charge in [0, 0.05) is 6.20 Å². The number of fused-ring (bicyclic) bond motifs is 1. The molecule has 1 N–H and O–H groups in total. The van der Waals surface area contributed by atoms with E-state index in [4.69, 9.17) is 4.74 Å². The first kappa shape index (κ1) is 17.7. The zero-order valence-electron chi connectivity index (χ0n) is 15.4. The Bertz CT molecular complexity index is 969. The molecule has 0 unspecified atom stereocenters. The van der Waals surface area contributed by atoms with Crippen LogP contribution in [0.2, 0.25) is 0 Å². The first-order valence-electron chi connectivity index (χ1n) is 9.07. The van der Waals surface area contributed by atoms with Gasteiger partial charge >= 0.3 is 0 Å². The van der Waals surface area contributed by atoms with Crippen LogP contribution in [0.3, 0.4) is 0 Å². The van der Waals surface area contributed by atoms with Crippen LogP contribution in [0.4, 0.5) is 0 Å². The average molecular weight is 379 g/mol. The Morgan fingerprint density at radius 2 is 2.19 bits per heavy atom. The molecule has 3 aromatic rings. The number of ether oxygens (including phenoxy) is 1. The number of rotatable bonds is 4. The molecule has 1 amide bonds. The minimum absolute atomic E-state index is 0.0930. The van der Waals surface area contributed by atoms with Gasteiger partial charge in [0.1, 0.15) is 15.6 Å². The minimum atomic E-state index is -0.103. The molecule has 0 spiro atoms. The summed E-state index contributed by atoms with van der Waals surface area (Å²) in [6.07, 6.45) is 3.78. The number of thiazole rings is 1. The van der Waals surface area contributed by atoms with E-state index in [2.05, 4.69) is 21.4 Å². The lowest BCUT2D eigenvalue weighted by Crippen LogP contribution is -2.26. The highest BCUT2D eigenvalue weighted by atomic mass is 32.1. The van der Waals surface area contributed by atoms with E-state index < -0.39 is 0 Å². The largest absolute Gasteiger partial charge is 0.493 e. The van der Waals surface area contributed by atoms with Crippen LogP contribution in [0.1, 0.15) is 45.9 Å². The first-order valence-corrected chi connectivity index (χ1v) is 9.89. The van der Waals surface area contributed by atoms with Gasteiger partial charge in [-0.1, -0.05) is 18.2 Å². The average Bonchev–Trinajstić information content (AvgIpc) is 3.10. The van der Waals surface area contributed by atoms with E-state index in [1.165, 1.54) is 16.9 Å². The minimum Gasteiger partial charge on any atom is -0.493 e. The number of aryl methyl sites for hydroxylation is 2. The number of aromatic nitrogens is 2. The lowest BCUT2D eigenvalue weighted by molar-refractivity contribution is 0.0943. The van der Waals surface area contributed by atoms with Gasteiger partial charge in [-0.05, 0) is 56.0 Å². The first-order chi connectivity index (χ1) is 13.1.